The first-order valence-electron chi connectivity index (χ1n) is 5.94. The summed E-state index contributed by atoms with van der Waals surface area (Å²) in [6.45, 7) is 6.09. The first-order valence-corrected chi connectivity index (χ1v) is 6.92. The van der Waals surface area contributed by atoms with Crippen LogP contribution in [-0.2, 0) is 9.59 Å². The van der Waals surface area contributed by atoms with Gasteiger partial charge in [-0.15, -0.1) is 11.8 Å². The molecule has 1 aliphatic carbocycles. The molecule has 0 aliphatic heterocycles. The average Bonchev–Trinajstić information content (AvgIpc) is 2.96. The van der Waals surface area contributed by atoms with Crippen molar-refractivity contribution in [3.8, 4) is 0 Å². The van der Waals surface area contributed by atoms with Crippen LogP contribution >= 0.6 is 11.8 Å². The van der Waals surface area contributed by atoms with E-state index in [2.05, 4.69) is 5.32 Å². The fraction of sp³-hybridized carbons (Fsp3) is 0.833. The van der Waals surface area contributed by atoms with Gasteiger partial charge >= 0.3 is 5.97 Å². The Labute approximate surface area is 107 Å². The van der Waals surface area contributed by atoms with Gasteiger partial charge < -0.3 is 10.4 Å². The second kappa shape index (κ2) is 5.76. The molecule has 0 heterocycles. The Kier molecular flexibility index (Phi) is 4.86. The van der Waals surface area contributed by atoms with Crippen molar-refractivity contribution in [1.82, 2.24) is 5.32 Å². The SMILES string of the molecule is CC(C)(C)SCC(=O)NC(CC1CC1)C(=O)O. The van der Waals surface area contributed by atoms with Gasteiger partial charge in [-0.05, 0) is 12.3 Å². The van der Waals surface area contributed by atoms with Crippen LogP contribution in [0.1, 0.15) is 40.0 Å². The van der Waals surface area contributed by atoms with E-state index in [-0.39, 0.29) is 10.7 Å². The number of carboxylic acid groups (broad SMARTS) is 1. The fourth-order valence-corrected chi connectivity index (χ4v) is 2.07. The molecule has 0 aromatic heterocycles. The Balaban J connectivity index is 2.32. The molecule has 1 atom stereocenters. The lowest BCUT2D eigenvalue weighted by Crippen LogP contribution is -2.42. The summed E-state index contributed by atoms with van der Waals surface area (Å²) >= 11 is 1.52. The van der Waals surface area contributed by atoms with Crippen LogP contribution in [0.5, 0.6) is 0 Å². The smallest absolute Gasteiger partial charge is 0.326 e. The van der Waals surface area contributed by atoms with Crippen LogP contribution in [0.3, 0.4) is 0 Å². The van der Waals surface area contributed by atoms with E-state index in [1.807, 2.05) is 20.8 Å². The maximum Gasteiger partial charge on any atom is 0.326 e. The van der Waals surface area contributed by atoms with E-state index in [1.54, 1.807) is 0 Å². The number of amides is 1. The second-order valence-corrected chi connectivity index (χ2v) is 7.34. The Morgan fingerprint density at radius 2 is 2.00 bits per heavy atom. The van der Waals surface area contributed by atoms with Crippen molar-refractivity contribution in [2.75, 3.05) is 5.75 Å². The molecule has 1 rings (SSSR count). The average molecular weight is 259 g/mol. The van der Waals surface area contributed by atoms with Gasteiger partial charge in [0.05, 0.1) is 5.75 Å². The number of carbonyl (C=O) groups excluding carboxylic acids is 1. The largest absolute Gasteiger partial charge is 0.480 e. The maximum absolute atomic E-state index is 11.6. The Morgan fingerprint density at radius 1 is 1.41 bits per heavy atom. The molecule has 1 fully saturated rings. The number of hydrogen-bond donors (Lipinski definition) is 2. The Morgan fingerprint density at radius 3 is 2.41 bits per heavy atom. The van der Waals surface area contributed by atoms with Crippen molar-refractivity contribution < 1.29 is 14.7 Å². The zero-order valence-electron chi connectivity index (χ0n) is 10.7. The van der Waals surface area contributed by atoms with E-state index in [0.29, 0.717) is 18.1 Å². The Hall–Kier alpha value is -0.710. The molecule has 0 spiro atoms. The lowest BCUT2D eigenvalue weighted by molar-refractivity contribution is -0.141. The van der Waals surface area contributed by atoms with Crippen molar-refractivity contribution in [1.29, 1.82) is 0 Å². The number of hydrogen-bond acceptors (Lipinski definition) is 3. The summed E-state index contributed by atoms with van der Waals surface area (Å²) in [5, 5.41) is 11.6. The number of carbonyl (C=O) groups is 2. The van der Waals surface area contributed by atoms with E-state index in [0.717, 1.165) is 12.8 Å². The van der Waals surface area contributed by atoms with Crippen LogP contribution in [-0.4, -0.2) is 33.5 Å². The highest BCUT2D eigenvalue weighted by Gasteiger charge is 2.30. The molecular formula is C12H21NO3S. The highest BCUT2D eigenvalue weighted by Crippen LogP contribution is 2.33. The number of nitrogens with one attached hydrogen (secondary N) is 1. The predicted molar refractivity (Wildman–Crippen MR) is 69.1 cm³/mol. The van der Waals surface area contributed by atoms with Gasteiger partial charge in [-0.3, -0.25) is 4.79 Å². The minimum atomic E-state index is -0.925. The first-order chi connectivity index (χ1) is 7.78. The molecule has 0 radical (unpaired) electrons. The van der Waals surface area contributed by atoms with Crippen molar-refractivity contribution in [2.45, 2.75) is 50.8 Å². The van der Waals surface area contributed by atoms with Crippen LogP contribution in [0.2, 0.25) is 0 Å². The molecule has 0 bridgehead atoms. The van der Waals surface area contributed by atoms with E-state index >= 15 is 0 Å². The fourth-order valence-electron chi connectivity index (χ4n) is 1.43. The summed E-state index contributed by atoms with van der Waals surface area (Å²) in [6.07, 6.45) is 2.76. The van der Waals surface area contributed by atoms with Crippen molar-refractivity contribution in [3.05, 3.63) is 0 Å². The number of aliphatic carboxylic acids is 1. The van der Waals surface area contributed by atoms with Gasteiger partial charge in [0.25, 0.3) is 0 Å². The van der Waals surface area contributed by atoms with E-state index < -0.39 is 12.0 Å². The summed E-state index contributed by atoms with van der Waals surface area (Å²) in [6, 6.07) is -0.712. The normalized spacial score (nSPS) is 17.6. The van der Waals surface area contributed by atoms with E-state index in [9.17, 15) is 9.59 Å². The zero-order chi connectivity index (χ0) is 13.1. The standard InChI is InChI=1S/C12H21NO3S/c1-12(2,3)17-7-10(14)13-9(11(15)16)6-8-4-5-8/h8-9H,4-7H2,1-3H3,(H,13,14)(H,15,16). The minimum Gasteiger partial charge on any atom is -0.480 e. The van der Waals surface area contributed by atoms with E-state index in [4.69, 9.17) is 5.11 Å². The topological polar surface area (TPSA) is 66.4 Å². The maximum atomic E-state index is 11.6. The molecule has 5 heteroatoms. The van der Waals surface area contributed by atoms with Gasteiger partial charge in [-0.2, -0.15) is 0 Å². The molecule has 0 aromatic rings. The molecule has 0 aromatic carbocycles. The molecule has 1 aliphatic rings. The van der Waals surface area contributed by atoms with Gasteiger partial charge in [0.15, 0.2) is 0 Å². The summed E-state index contributed by atoms with van der Waals surface area (Å²) in [7, 11) is 0. The summed E-state index contributed by atoms with van der Waals surface area (Å²) in [4.78, 5) is 22.6. The van der Waals surface area contributed by atoms with Gasteiger partial charge in [-0.25, -0.2) is 4.79 Å². The summed E-state index contributed by atoms with van der Waals surface area (Å²) in [5.41, 5.74) is 0. The predicted octanol–water partition coefficient (Wildman–Crippen LogP) is 1.89. The van der Waals surface area contributed by atoms with E-state index in [1.165, 1.54) is 11.8 Å². The van der Waals surface area contributed by atoms with Crippen molar-refractivity contribution in [2.24, 2.45) is 5.92 Å². The molecule has 98 valence electrons. The Bertz CT molecular complexity index is 295. The molecule has 1 unspecified atom stereocenters. The number of thioether (sulfide) groups is 1. The quantitative estimate of drug-likeness (QED) is 0.764. The summed E-state index contributed by atoms with van der Waals surface area (Å²) in [5.74, 6) is -0.298. The lowest BCUT2D eigenvalue weighted by atomic mass is 10.1. The van der Waals surface area contributed by atoms with Gasteiger partial charge in [-0.1, -0.05) is 33.6 Å². The second-order valence-electron chi connectivity index (χ2n) is 5.54. The molecule has 1 amide bonds. The van der Waals surface area contributed by atoms with Crippen LogP contribution in [0, 0.1) is 5.92 Å². The monoisotopic (exact) mass is 259 g/mol. The molecule has 2 N–H and O–H groups in total. The van der Waals surface area contributed by atoms with Crippen molar-refractivity contribution in [3.63, 3.8) is 0 Å². The molecule has 4 nitrogen and oxygen atoms in total. The van der Waals surface area contributed by atoms with Crippen LogP contribution < -0.4 is 5.32 Å². The number of carboxylic acids is 1. The van der Waals surface area contributed by atoms with Crippen molar-refractivity contribution >= 4 is 23.6 Å². The minimum absolute atomic E-state index is 0.0204. The van der Waals surface area contributed by atoms with Crippen LogP contribution in [0.15, 0.2) is 0 Å². The molecule has 0 saturated heterocycles. The van der Waals surface area contributed by atoms with Gasteiger partial charge in [0.2, 0.25) is 5.91 Å². The zero-order valence-corrected chi connectivity index (χ0v) is 11.5. The van der Waals surface area contributed by atoms with Crippen LogP contribution in [0.25, 0.3) is 0 Å². The third-order valence-corrected chi connectivity index (χ3v) is 3.81. The highest BCUT2D eigenvalue weighted by molar-refractivity contribution is 8.01. The van der Waals surface area contributed by atoms with Crippen LogP contribution in [0.4, 0.5) is 0 Å². The summed E-state index contributed by atoms with van der Waals surface area (Å²) < 4.78 is 0.0204. The third-order valence-electron chi connectivity index (χ3n) is 2.54. The third kappa shape index (κ3) is 6.56. The molecule has 17 heavy (non-hydrogen) atoms. The number of rotatable bonds is 6. The molecule has 1 saturated carbocycles. The first kappa shape index (κ1) is 14.4. The van der Waals surface area contributed by atoms with Gasteiger partial charge in [0, 0.05) is 4.75 Å². The highest BCUT2D eigenvalue weighted by atomic mass is 32.2. The van der Waals surface area contributed by atoms with Gasteiger partial charge in [0.1, 0.15) is 6.04 Å². The molecular weight excluding hydrogens is 238 g/mol. The lowest BCUT2D eigenvalue weighted by Gasteiger charge is -2.19.